The van der Waals surface area contributed by atoms with Crippen LogP contribution in [-0.4, -0.2) is 6.21 Å². The summed E-state index contributed by atoms with van der Waals surface area (Å²) >= 11 is 6.20. The highest BCUT2D eigenvalue weighted by Gasteiger charge is 2.19. The Bertz CT molecular complexity index is 400. The van der Waals surface area contributed by atoms with Gasteiger partial charge in [0.1, 0.15) is 0 Å². The summed E-state index contributed by atoms with van der Waals surface area (Å²) in [5, 5.41) is 0.852. The molecule has 0 unspecified atom stereocenters. The quantitative estimate of drug-likeness (QED) is 0.612. The van der Waals surface area contributed by atoms with Gasteiger partial charge in [-0.15, -0.1) is 0 Å². The molecule has 0 radical (unpaired) electrons. The molecule has 0 aliphatic carbocycles. The fraction of sp³-hybridized carbons (Fsp3) is 0.417. The van der Waals surface area contributed by atoms with Crippen LogP contribution in [0.5, 0.6) is 0 Å². The van der Waals surface area contributed by atoms with E-state index in [1.807, 2.05) is 6.21 Å². The molecule has 1 aliphatic rings. The van der Waals surface area contributed by atoms with Crippen molar-refractivity contribution in [2.45, 2.75) is 32.6 Å². The van der Waals surface area contributed by atoms with E-state index in [2.05, 4.69) is 37.9 Å². The minimum absolute atomic E-state index is 0.136. The number of halogens is 1. The molecule has 74 valence electrons. The minimum atomic E-state index is 0.136. The van der Waals surface area contributed by atoms with E-state index in [1.165, 1.54) is 11.1 Å². The third kappa shape index (κ3) is 1.57. The SMILES string of the molecule is CC(C)(C)c1cc(Cl)c2c(c1)N=CC2. The number of benzene rings is 1. The Kier molecular flexibility index (Phi) is 2.15. The first-order valence-corrected chi connectivity index (χ1v) is 5.22. The Labute approximate surface area is 89.8 Å². The van der Waals surface area contributed by atoms with Crippen LogP contribution in [0.2, 0.25) is 5.02 Å². The number of aliphatic imine (C=N–C) groups is 1. The summed E-state index contributed by atoms with van der Waals surface area (Å²) in [5.41, 5.74) is 3.60. The average Bonchev–Trinajstić information content (AvgIpc) is 2.50. The first-order chi connectivity index (χ1) is 6.48. The lowest BCUT2D eigenvalue weighted by Crippen LogP contribution is -2.10. The second-order valence-electron chi connectivity index (χ2n) is 4.72. The fourth-order valence-corrected chi connectivity index (χ4v) is 1.90. The van der Waals surface area contributed by atoms with Crippen molar-refractivity contribution in [3.05, 3.63) is 28.3 Å². The van der Waals surface area contributed by atoms with Crippen LogP contribution in [0.1, 0.15) is 31.9 Å². The van der Waals surface area contributed by atoms with Crippen molar-refractivity contribution in [1.29, 1.82) is 0 Å². The van der Waals surface area contributed by atoms with Crippen LogP contribution in [-0.2, 0) is 11.8 Å². The highest BCUT2D eigenvalue weighted by molar-refractivity contribution is 6.32. The van der Waals surface area contributed by atoms with Gasteiger partial charge in [0.2, 0.25) is 0 Å². The van der Waals surface area contributed by atoms with E-state index in [0.29, 0.717) is 0 Å². The molecule has 0 saturated carbocycles. The maximum Gasteiger partial charge on any atom is 0.0679 e. The van der Waals surface area contributed by atoms with Gasteiger partial charge < -0.3 is 0 Å². The molecule has 0 fully saturated rings. The topological polar surface area (TPSA) is 12.4 Å². The van der Waals surface area contributed by atoms with E-state index in [0.717, 1.165) is 17.1 Å². The third-order valence-electron chi connectivity index (χ3n) is 2.56. The van der Waals surface area contributed by atoms with Gasteiger partial charge >= 0.3 is 0 Å². The molecule has 1 heterocycles. The first kappa shape index (κ1) is 9.72. The molecule has 14 heavy (non-hydrogen) atoms. The lowest BCUT2D eigenvalue weighted by molar-refractivity contribution is 0.590. The van der Waals surface area contributed by atoms with Crippen molar-refractivity contribution in [1.82, 2.24) is 0 Å². The van der Waals surface area contributed by atoms with Crippen molar-refractivity contribution in [3.63, 3.8) is 0 Å². The highest BCUT2D eigenvalue weighted by Crippen LogP contribution is 2.36. The highest BCUT2D eigenvalue weighted by atomic mass is 35.5. The molecular formula is C12H14ClN. The zero-order valence-corrected chi connectivity index (χ0v) is 9.52. The molecule has 0 amide bonds. The summed E-state index contributed by atoms with van der Waals surface area (Å²) < 4.78 is 0. The van der Waals surface area contributed by atoms with Crippen LogP contribution < -0.4 is 0 Å². The van der Waals surface area contributed by atoms with E-state index in [-0.39, 0.29) is 5.41 Å². The largest absolute Gasteiger partial charge is 0.261 e. The first-order valence-electron chi connectivity index (χ1n) is 4.84. The van der Waals surface area contributed by atoms with Gasteiger partial charge in [-0.3, -0.25) is 4.99 Å². The summed E-state index contributed by atoms with van der Waals surface area (Å²) in [5.74, 6) is 0. The molecule has 0 spiro atoms. The van der Waals surface area contributed by atoms with Crippen molar-refractivity contribution in [2.24, 2.45) is 4.99 Å². The number of hydrogen-bond donors (Lipinski definition) is 0. The van der Waals surface area contributed by atoms with E-state index in [4.69, 9.17) is 11.6 Å². The molecule has 2 heteroatoms. The Hall–Kier alpha value is -0.820. The average molecular weight is 208 g/mol. The summed E-state index contributed by atoms with van der Waals surface area (Å²) in [6.45, 7) is 6.55. The van der Waals surface area contributed by atoms with Gasteiger partial charge in [0.05, 0.1) is 5.69 Å². The lowest BCUT2D eigenvalue weighted by Gasteiger charge is -2.20. The number of hydrogen-bond acceptors (Lipinski definition) is 1. The van der Waals surface area contributed by atoms with Gasteiger partial charge in [-0.25, -0.2) is 0 Å². The molecule has 1 aromatic rings. The number of nitrogens with zero attached hydrogens (tertiary/aromatic N) is 1. The van der Waals surface area contributed by atoms with Gasteiger partial charge in [-0.05, 0) is 23.1 Å². The Balaban J connectivity index is 2.57. The van der Waals surface area contributed by atoms with Gasteiger partial charge in [-0.1, -0.05) is 32.4 Å². The van der Waals surface area contributed by atoms with Crippen LogP contribution in [0.15, 0.2) is 17.1 Å². The molecule has 0 saturated heterocycles. The van der Waals surface area contributed by atoms with Crippen LogP contribution in [0.4, 0.5) is 5.69 Å². The van der Waals surface area contributed by atoms with E-state index in [9.17, 15) is 0 Å². The summed E-state index contributed by atoms with van der Waals surface area (Å²) in [4.78, 5) is 4.32. The van der Waals surface area contributed by atoms with Crippen molar-refractivity contribution >= 4 is 23.5 Å². The normalized spacial score (nSPS) is 14.6. The number of fused-ring (bicyclic) bond motifs is 1. The second-order valence-corrected chi connectivity index (χ2v) is 5.13. The maximum atomic E-state index is 6.20. The van der Waals surface area contributed by atoms with Crippen molar-refractivity contribution < 1.29 is 0 Å². The molecule has 1 aliphatic heterocycles. The maximum absolute atomic E-state index is 6.20. The zero-order valence-electron chi connectivity index (χ0n) is 8.76. The van der Waals surface area contributed by atoms with E-state index in [1.54, 1.807) is 0 Å². The monoisotopic (exact) mass is 207 g/mol. The summed E-state index contributed by atoms with van der Waals surface area (Å²) in [7, 11) is 0. The Morgan fingerprint density at radius 3 is 2.64 bits per heavy atom. The van der Waals surface area contributed by atoms with Crippen LogP contribution >= 0.6 is 11.6 Å². The number of rotatable bonds is 0. The molecule has 0 bridgehead atoms. The Morgan fingerprint density at radius 2 is 2.00 bits per heavy atom. The predicted octanol–water partition coefficient (Wildman–Crippen LogP) is 3.90. The fourth-order valence-electron chi connectivity index (χ4n) is 1.61. The van der Waals surface area contributed by atoms with E-state index < -0.39 is 0 Å². The molecule has 0 atom stereocenters. The predicted molar refractivity (Wildman–Crippen MR) is 62.0 cm³/mol. The van der Waals surface area contributed by atoms with Gasteiger partial charge in [-0.2, -0.15) is 0 Å². The standard InChI is InChI=1S/C12H14ClN/c1-12(2,3)8-6-10(13)9-4-5-14-11(9)7-8/h5-7H,4H2,1-3H3. The van der Waals surface area contributed by atoms with Gasteiger partial charge in [0.15, 0.2) is 0 Å². The third-order valence-corrected chi connectivity index (χ3v) is 2.90. The Morgan fingerprint density at radius 1 is 1.29 bits per heavy atom. The molecule has 0 N–H and O–H groups in total. The van der Waals surface area contributed by atoms with Crippen LogP contribution in [0.3, 0.4) is 0 Å². The lowest BCUT2D eigenvalue weighted by atomic mass is 9.86. The molecule has 1 nitrogen and oxygen atoms in total. The molecule has 1 aromatic carbocycles. The molecule has 2 rings (SSSR count). The van der Waals surface area contributed by atoms with Crippen LogP contribution in [0, 0.1) is 0 Å². The second kappa shape index (κ2) is 3.09. The van der Waals surface area contributed by atoms with Crippen LogP contribution in [0.25, 0.3) is 0 Å². The van der Waals surface area contributed by atoms with Crippen molar-refractivity contribution in [2.75, 3.05) is 0 Å². The summed E-state index contributed by atoms with van der Waals surface area (Å²) in [6, 6.07) is 4.21. The van der Waals surface area contributed by atoms with Gasteiger partial charge in [0, 0.05) is 23.2 Å². The van der Waals surface area contributed by atoms with E-state index >= 15 is 0 Å². The summed E-state index contributed by atoms with van der Waals surface area (Å²) in [6.07, 6.45) is 2.79. The zero-order chi connectivity index (χ0) is 10.3. The molecular weight excluding hydrogens is 194 g/mol. The smallest absolute Gasteiger partial charge is 0.0679 e. The molecule has 0 aromatic heterocycles. The minimum Gasteiger partial charge on any atom is -0.261 e. The van der Waals surface area contributed by atoms with Crippen molar-refractivity contribution in [3.8, 4) is 0 Å². The van der Waals surface area contributed by atoms with Gasteiger partial charge in [0.25, 0.3) is 0 Å².